The molecule has 3 nitrogen and oxygen atoms in total. The second-order valence-electron chi connectivity index (χ2n) is 9.74. The lowest BCUT2D eigenvalue weighted by molar-refractivity contribution is 0.691. The van der Waals surface area contributed by atoms with Gasteiger partial charge in [0.2, 0.25) is 0 Å². The summed E-state index contributed by atoms with van der Waals surface area (Å²) in [5.74, 6) is 0.516. The maximum Gasteiger partial charge on any atom is 0.0739 e. The number of hydrogen-bond acceptors (Lipinski definition) is 1. The Morgan fingerprint density at radius 2 is 1.58 bits per heavy atom. The van der Waals surface area contributed by atoms with E-state index >= 15 is 0 Å². The summed E-state index contributed by atoms with van der Waals surface area (Å²) < 4.78 is 2.13. The van der Waals surface area contributed by atoms with Crippen LogP contribution in [-0.2, 0) is 0 Å². The van der Waals surface area contributed by atoms with Gasteiger partial charge in [-0.05, 0) is 58.2 Å². The second kappa shape index (κ2) is 7.43. The van der Waals surface area contributed by atoms with Crippen molar-refractivity contribution in [2.24, 2.45) is 5.92 Å². The molecule has 0 spiro atoms. The number of para-hydroxylation sites is 1. The minimum Gasteiger partial charge on any atom is -0.300 e. The largest absolute Gasteiger partial charge is 0.300 e. The zero-order valence-electron chi connectivity index (χ0n) is 19.6. The van der Waals surface area contributed by atoms with Gasteiger partial charge >= 0.3 is 0 Å². The van der Waals surface area contributed by atoms with E-state index in [9.17, 15) is 0 Å². The lowest BCUT2D eigenvalue weighted by Crippen LogP contribution is -2.21. The molecule has 2 unspecified atom stereocenters. The van der Waals surface area contributed by atoms with Gasteiger partial charge in [0, 0.05) is 28.8 Å². The Balaban J connectivity index is 1.36. The minimum atomic E-state index is 0.240. The highest BCUT2D eigenvalue weighted by atomic mass is 15.3. The molecular formula is C33H23N3. The molecule has 2 atom stereocenters. The van der Waals surface area contributed by atoms with Gasteiger partial charge in [0.05, 0.1) is 22.4 Å². The fourth-order valence-electron chi connectivity index (χ4n) is 6.20. The lowest BCUT2D eigenvalue weighted by atomic mass is 9.67. The number of fused-ring (bicyclic) bond motifs is 8. The van der Waals surface area contributed by atoms with Crippen molar-refractivity contribution in [2.75, 3.05) is 0 Å². The molecule has 3 heteroatoms. The van der Waals surface area contributed by atoms with Crippen LogP contribution < -0.4 is 0 Å². The van der Waals surface area contributed by atoms with Crippen molar-refractivity contribution in [3.63, 3.8) is 0 Å². The molecule has 4 aromatic carbocycles. The van der Waals surface area contributed by atoms with E-state index in [1.807, 2.05) is 6.07 Å². The third-order valence-electron chi connectivity index (χ3n) is 7.80. The molecule has 2 aliphatic rings. The van der Waals surface area contributed by atoms with Crippen molar-refractivity contribution in [3.05, 3.63) is 137 Å². The van der Waals surface area contributed by atoms with Crippen LogP contribution >= 0.6 is 0 Å². The van der Waals surface area contributed by atoms with Gasteiger partial charge in [-0.25, -0.2) is 4.98 Å². The van der Waals surface area contributed by atoms with E-state index in [0.29, 0.717) is 0 Å². The van der Waals surface area contributed by atoms with E-state index in [1.54, 1.807) is 0 Å². The average molecular weight is 462 g/mol. The van der Waals surface area contributed by atoms with E-state index in [1.165, 1.54) is 38.6 Å². The quantitative estimate of drug-likeness (QED) is 0.280. The van der Waals surface area contributed by atoms with Crippen molar-refractivity contribution in [3.8, 4) is 5.69 Å². The highest BCUT2D eigenvalue weighted by Crippen LogP contribution is 2.52. The summed E-state index contributed by atoms with van der Waals surface area (Å²) in [4.78, 5) is 5.15. The highest BCUT2D eigenvalue weighted by Gasteiger charge is 2.37. The molecule has 8 rings (SSSR count). The molecule has 0 fully saturated rings. The van der Waals surface area contributed by atoms with Gasteiger partial charge in [-0.2, -0.15) is 0 Å². The standard InChI is InChI=1S/C33H23N3/c1-3-9-21(10-4-1)27-17-22-11-7-8-14-25(22)32-26(27)15-16-29-33(32)28-18-23-20-34-36(24-12-5-2-6-13-24)31(23)19-30(28)35-29/h1-20,26,32,34H. The van der Waals surface area contributed by atoms with Crippen LogP contribution in [0.3, 0.4) is 0 Å². The predicted octanol–water partition coefficient (Wildman–Crippen LogP) is 7.84. The van der Waals surface area contributed by atoms with Crippen molar-refractivity contribution < 1.29 is 0 Å². The second-order valence-corrected chi connectivity index (χ2v) is 9.74. The summed E-state index contributed by atoms with van der Waals surface area (Å²) in [7, 11) is 0. The summed E-state index contributed by atoms with van der Waals surface area (Å²) in [5, 5.41) is 5.88. The van der Waals surface area contributed by atoms with Crippen LogP contribution in [0.5, 0.6) is 0 Å². The Bertz CT molecular complexity index is 1830. The molecule has 2 aliphatic carbocycles. The monoisotopic (exact) mass is 461 g/mol. The van der Waals surface area contributed by atoms with Crippen molar-refractivity contribution in [2.45, 2.75) is 5.92 Å². The van der Waals surface area contributed by atoms with Crippen LogP contribution in [0.25, 0.3) is 45.2 Å². The lowest BCUT2D eigenvalue weighted by Gasteiger charge is -2.35. The minimum absolute atomic E-state index is 0.240. The number of aromatic nitrogens is 3. The third-order valence-corrected chi connectivity index (χ3v) is 7.80. The zero-order chi connectivity index (χ0) is 23.6. The molecule has 170 valence electrons. The van der Waals surface area contributed by atoms with Crippen molar-refractivity contribution >= 4 is 39.5 Å². The van der Waals surface area contributed by atoms with Gasteiger partial charge in [-0.3, -0.25) is 4.68 Å². The van der Waals surface area contributed by atoms with Gasteiger partial charge in [-0.1, -0.05) is 84.9 Å². The van der Waals surface area contributed by atoms with E-state index in [2.05, 4.69) is 125 Å². The Hall–Kier alpha value is -4.63. The molecule has 1 N–H and O–H groups in total. The predicted molar refractivity (Wildman–Crippen MR) is 148 cm³/mol. The fraction of sp³-hybridized carbons (Fsp3) is 0.0606. The number of benzene rings is 4. The smallest absolute Gasteiger partial charge is 0.0739 e. The van der Waals surface area contributed by atoms with Crippen LogP contribution in [0.1, 0.15) is 33.9 Å². The number of allylic oxidation sites excluding steroid dienone is 2. The van der Waals surface area contributed by atoms with Crippen LogP contribution in [0, 0.1) is 5.92 Å². The summed E-state index contributed by atoms with van der Waals surface area (Å²) in [5.41, 5.74) is 11.1. The SMILES string of the molecule is C1=CC2C(c3ccccc3)=Cc3ccccc3C2c2c1nc1cc3c(c[nH]n3-c3ccccc3)cc21. The maximum atomic E-state index is 5.15. The molecule has 0 amide bonds. The molecule has 36 heavy (non-hydrogen) atoms. The number of nitrogens with one attached hydrogen (secondary N) is 1. The highest BCUT2D eigenvalue weighted by molar-refractivity contribution is 6.01. The maximum absolute atomic E-state index is 5.15. The first kappa shape index (κ1) is 19.7. The molecule has 6 aromatic rings. The summed E-state index contributed by atoms with van der Waals surface area (Å²) >= 11 is 0. The van der Waals surface area contributed by atoms with Gasteiger partial charge in [0.1, 0.15) is 0 Å². The summed E-state index contributed by atoms with van der Waals surface area (Å²) in [6.07, 6.45) is 9.09. The van der Waals surface area contributed by atoms with Crippen LogP contribution in [0.4, 0.5) is 0 Å². The molecule has 2 aromatic heterocycles. The normalized spacial score (nSPS) is 18.1. The fourth-order valence-corrected chi connectivity index (χ4v) is 6.20. The van der Waals surface area contributed by atoms with Gasteiger partial charge < -0.3 is 5.10 Å². The Labute approximate surface area is 209 Å². The van der Waals surface area contributed by atoms with E-state index in [4.69, 9.17) is 4.98 Å². The Kier molecular flexibility index (Phi) is 4.06. The Morgan fingerprint density at radius 3 is 2.44 bits per heavy atom. The summed E-state index contributed by atoms with van der Waals surface area (Å²) in [6.45, 7) is 0. The van der Waals surface area contributed by atoms with Crippen LogP contribution in [-0.4, -0.2) is 14.8 Å². The topological polar surface area (TPSA) is 33.6 Å². The molecule has 0 saturated heterocycles. The summed E-state index contributed by atoms with van der Waals surface area (Å²) in [6, 6.07) is 34.6. The number of aromatic amines is 1. The number of nitrogens with zero attached hydrogens (tertiary/aromatic N) is 2. The first-order valence-electron chi connectivity index (χ1n) is 12.5. The van der Waals surface area contributed by atoms with Gasteiger partial charge in [0.25, 0.3) is 0 Å². The number of H-pyrrole nitrogens is 1. The van der Waals surface area contributed by atoms with Crippen LogP contribution in [0.15, 0.2) is 109 Å². The molecule has 0 radical (unpaired) electrons. The number of hydrogen-bond donors (Lipinski definition) is 1. The van der Waals surface area contributed by atoms with E-state index in [-0.39, 0.29) is 11.8 Å². The number of rotatable bonds is 2. The molecule has 0 saturated carbocycles. The van der Waals surface area contributed by atoms with Crippen molar-refractivity contribution in [1.29, 1.82) is 0 Å². The molecule has 0 aliphatic heterocycles. The molecule has 0 bridgehead atoms. The van der Waals surface area contributed by atoms with E-state index in [0.717, 1.165) is 22.4 Å². The zero-order valence-corrected chi connectivity index (χ0v) is 19.6. The first-order valence-corrected chi connectivity index (χ1v) is 12.5. The Morgan fingerprint density at radius 1 is 0.806 bits per heavy atom. The van der Waals surface area contributed by atoms with Gasteiger partial charge in [-0.15, -0.1) is 0 Å². The first-order chi connectivity index (χ1) is 17.8. The molecular weight excluding hydrogens is 438 g/mol. The van der Waals surface area contributed by atoms with E-state index < -0.39 is 0 Å². The third kappa shape index (κ3) is 2.77. The average Bonchev–Trinajstić information content (AvgIpc) is 3.52. The van der Waals surface area contributed by atoms with Crippen LogP contribution in [0.2, 0.25) is 0 Å². The van der Waals surface area contributed by atoms with Gasteiger partial charge in [0.15, 0.2) is 0 Å². The van der Waals surface area contributed by atoms with Crippen molar-refractivity contribution in [1.82, 2.24) is 14.8 Å². The molecule has 2 heterocycles.